The van der Waals surface area contributed by atoms with Gasteiger partial charge in [-0.2, -0.15) is 5.10 Å². The quantitative estimate of drug-likeness (QED) is 0.826. The van der Waals surface area contributed by atoms with Crippen LogP contribution in [0.2, 0.25) is 0 Å². The summed E-state index contributed by atoms with van der Waals surface area (Å²) in [5.41, 5.74) is 1.55. The van der Waals surface area contributed by atoms with E-state index in [4.69, 9.17) is 4.74 Å². The molecule has 0 spiro atoms. The van der Waals surface area contributed by atoms with Gasteiger partial charge in [-0.25, -0.2) is 4.79 Å². The lowest BCUT2D eigenvalue weighted by atomic mass is 9.99. The summed E-state index contributed by atoms with van der Waals surface area (Å²) in [5.74, 6) is -0.288. The minimum absolute atomic E-state index is 0.0639. The van der Waals surface area contributed by atoms with Gasteiger partial charge in [-0.3, -0.25) is 9.58 Å². The van der Waals surface area contributed by atoms with E-state index in [0.717, 1.165) is 25.3 Å². The topological polar surface area (TPSA) is 59.4 Å². The van der Waals surface area contributed by atoms with Crippen LogP contribution in [0, 0.1) is 0 Å². The third kappa shape index (κ3) is 3.02. The third-order valence-electron chi connectivity index (χ3n) is 3.87. The predicted octanol–water partition coefficient (Wildman–Crippen LogP) is 0.781. The lowest BCUT2D eigenvalue weighted by molar-refractivity contribution is 0.0514. The summed E-state index contributed by atoms with van der Waals surface area (Å²) in [6.45, 7) is 10.2. The number of nitrogens with zero attached hydrogens (tertiary/aromatic N) is 3. The number of hydrogen-bond acceptors (Lipinski definition) is 5. The molecule has 1 aliphatic heterocycles. The molecule has 6 heteroatoms. The van der Waals surface area contributed by atoms with Crippen LogP contribution in [0.4, 0.5) is 0 Å². The molecule has 2 heterocycles. The summed E-state index contributed by atoms with van der Waals surface area (Å²) >= 11 is 0. The summed E-state index contributed by atoms with van der Waals surface area (Å²) < 4.78 is 6.87. The van der Waals surface area contributed by atoms with Crippen LogP contribution in [0.1, 0.15) is 36.8 Å². The Hall–Kier alpha value is -1.40. The number of aromatic nitrogens is 2. The molecule has 1 aromatic heterocycles. The Labute approximate surface area is 120 Å². The van der Waals surface area contributed by atoms with E-state index in [9.17, 15) is 4.79 Å². The van der Waals surface area contributed by atoms with E-state index in [1.165, 1.54) is 0 Å². The maximum atomic E-state index is 12.0. The first-order valence-electron chi connectivity index (χ1n) is 7.09. The zero-order valence-corrected chi connectivity index (χ0v) is 12.8. The number of carbonyl (C=O) groups is 1. The van der Waals surface area contributed by atoms with Crippen molar-refractivity contribution < 1.29 is 9.53 Å². The third-order valence-corrected chi connectivity index (χ3v) is 3.87. The minimum atomic E-state index is -0.288. The second kappa shape index (κ2) is 5.93. The van der Waals surface area contributed by atoms with Crippen LogP contribution in [0.3, 0.4) is 0 Å². The van der Waals surface area contributed by atoms with E-state index in [0.29, 0.717) is 18.7 Å². The van der Waals surface area contributed by atoms with Gasteiger partial charge >= 0.3 is 5.97 Å². The Morgan fingerprint density at radius 2 is 2.30 bits per heavy atom. The fourth-order valence-electron chi connectivity index (χ4n) is 2.53. The van der Waals surface area contributed by atoms with Crippen molar-refractivity contribution in [2.75, 3.05) is 26.2 Å². The van der Waals surface area contributed by atoms with Crippen molar-refractivity contribution in [1.82, 2.24) is 20.0 Å². The molecule has 1 N–H and O–H groups in total. The highest BCUT2D eigenvalue weighted by molar-refractivity contribution is 5.90. The summed E-state index contributed by atoms with van der Waals surface area (Å²) in [7, 11) is 1.87. The molecule has 0 amide bonds. The molecule has 0 aromatic carbocycles. The molecule has 112 valence electrons. The van der Waals surface area contributed by atoms with Gasteiger partial charge in [-0.1, -0.05) is 0 Å². The molecule has 1 saturated heterocycles. The highest BCUT2D eigenvalue weighted by atomic mass is 16.5. The molecule has 20 heavy (non-hydrogen) atoms. The standard InChI is InChI=1S/C14H24N4O2/c1-5-20-13(19)11-8-16-17(4)12(11)9-18-7-6-15-10-14(18,2)3/h8,15H,5-7,9-10H2,1-4H3. The van der Waals surface area contributed by atoms with Crippen molar-refractivity contribution >= 4 is 5.97 Å². The number of hydrogen-bond donors (Lipinski definition) is 1. The molecule has 0 aliphatic carbocycles. The van der Waals surface area contributed by atoms with E-state index < -0.39 is 0 Å². The highest BCUT2D eigenvalue weighted by Crippen LogP contribution is 2.21. The van der Waals surface area contributed by atoms with E-state index in [-0.39, 0.29) is 11.5 Å². The fourth-order valence-corrected chi connectivity index (χ4v) is 2.53. The molecule has 1 aliphatic rings. The Bertz CT molecular complexity index is 482. The van der Waals surface area contributed by atoms with E-state index in [2.05, 4.69) is 29.2 Å². The molecular weight excluding hydrogens is 256 g/mol. The van der Waals surface area contributed by atoms with Gasteiger partial charge in [0, 0.05) is 38.8 Å². The SMILES string of the molecule is CCOC(=O)c1cnn(C)c1CN1CCNCC1(C)C. The number of carbonyl (C=O) groups excluding carboxylic acids is 1. The zero-order chi connectivity index (χ0) is 14.8. The maximum Gasteiger partial charge on any atom is 0.341 e. The van der Waals surface area contributed by atoms with Crippen molar-refractivity contribution in [3.05, 3.63) is 17.5 Å². The molecule has 1 aromatic rings. The van der Waals surface area contributed by atoms with Crippen LogP contribution < -0.4 is 5.32 Å². The molecule has 0 unspecified atom stereocenters. The van der Waals surface area contributed by atoms with E-state index in [1.807, 2.05) is 14.0 Å². The second-order valence-electron chi connectivity index (χ2n) is 5.76. The highest BCUT2D eigenvalue weighted by Gasteiger charge is 2.31. The normalized spacial score (nSPS) is 19.0. The van der Waals surface area contributed by atoms with Crippen LogP contribution in [0.25, 0.3) is 0 Å². The smallest absolute Gasteiger partial charge is 0.341 e. The first kappa shape index (κ1) is 15.0. The molecule has 0 bridgehead atoms. The minimum Gasteiger partial charge on any atom is -0.462 e. The Morgan fingerprint density at radius 1 is 1.55 bits per heavy atom. The Balaban J connectivity index is 2.20. The largest absolute Gasteiger partial charge is 0.462 e. The first-order valence-corrected chi connectivity index (χ1v) is 7.09. The summed E-state index contributed by atoms with van der Waals surface area (Å²) in [6, 6.07) is 0. The van der Waals surface area contributed by atoms with Crippen LogP contribution >= 0.6 is 0 Å². The molecule has 6 nitrogen and oxygen atoms in total. The number of piperazine rings is 1. The predicted molar refractivity (Wildman–Crippen MR) is 76.5 cm³/mol. The lowest BCUT2D eigenvalue weighted by Crippen LogP contribution is -2.57. The lowest BCUT2D eigenvalue weighted by Gasteiger charge is -2.42. The second-order valence-corrected chi connectivity index (χ2v) is 5.76. The van der Waals surface area contributed by atoms with Gasteiger partial charge in [-0.15, -0.1) is 0 Å². The van der Waals surface area contributed by atoms with Gasteiger partial charge in [-0.05, 0) is 20.8 Å². The van der Waals surface area contributed by atoms with Crippen molar-refractivity contribution in [2.45, 2.75) is 32.9 Å². The molecule has 0 saturated carbocycles. The van der Waals surface area contributed by atoms with Crippen molar-refractivity contribution in [2.24, 2.45) is 7.05 Å². The van der Waals surface area contributed by atoms with E-state index >= 15 is 0 Å². The van der Waals surface area contributed by atoms with Gasteiger partial charge in [0.05, 0.1) is 18.5 Å². The summed E-state index contributed by atoms with van der Waals surface area (Å²) in [5, 5.41) is 7.61. The Kier molecular flexibility index (Phi) is 4.45. The fraction of sp³-hybridized carbons (Fsp3) is 0.714. The monoisotopic (exact) mass is 280 g/mol. The summed E-state index contributed by atoms with van der Waals surface area (Å²) in [4.78, 5) is 14.4. The summed E-state index contributed by atoms with van der Waals surface area (Å²) in [6.07, 6.45) is 1.60. The number of ether oxygens (including phenoxy) is 1. The van der Waals surface area contributed by atoms with Gasteiger partial charge in [0.25, 0.3) is 0 Å². The van der Waals surface area contributed by atoms with Gasteiger partial charge in [0.1, 0.15) is 5.56 Å². The average molecular weight is 280 g/mol. The number of aryl methyl sites for hydroxylation is 1. The molecule has 1 fully saturated rings. The van der Waals surface area contributed by atoms with Crippen LogP contribution in [0.15, 0.2) is 6.20 Å². The number of rotatable bonds is 4. The molecule has 0 radical (unpaired) electrons. The van der Waals surface area contributed by atoms with E-state index in [1.54, 1.807) is 10.9 Å². The maximum absolute atomic E-state index is 12.0. The molecule has 0 atom stereocenters. The van der Waals surface area contributed by atoms with Gasteiger partial charge < -0.3 is 10.1 Å². The number of esters is 1. The molecular formula is C14H24N4O2. The van der Waals surface area contributed by atoms with Crippen LogP contribution in [-0.4, -0.2) is 52.4 Å². The van der Waals surface area contributed by atoms with Crippen molar-refractivity contribution in [1.29, 1.82) is 0 Å². The Morgan fingerprint density at radius 3 is 2.95 bits per heavy atom. The van der Waals surface area contributed by atoms with Gasteiger partial charge in [0.2, 0.25) is 0 Å². The number of nitrogens with one attached hydrogen (secondary N) is 1. The first-order chi connectivity index (χ1) is 9.45. The van der Waals surface area contributed by atoms with Gasteiger partial charge in [0.15, 0.2) is 0 Å². The van der Waals surface area contributed by atoms with Crippen molar-refractivity contribution in [3.8, 4) is 0 Å². The zero-order valence-electron chi connectivity index (χ0n) is 12.8. The molecule has 2 rings (SSSR count). The van der Waals surface area contributed by atoms with Crippen LogP contribution in [0.5, 0.6) is 0 Å². The average Bonchev–Trinajstić information content (AvgIpc) is 2.74. The van der Waals surface area contributed by atoms with Crippen molar-refractivity contribution in [3.63, 3.8) is 0 Å². The van der Waals surface area contributed by atoms with Crippen LogP contribution in [-0.2, 0) is 18.3 Å².